The Labute approximate surface area is 365 Å². The Bertz CT molecular complexity index is 3190. The summed E-state index contributed by atoms with van der Waals surface area (Å²) in [5.41, 5.74) is 23.5. The van der Waals surface area contributed by atoms with Crippen LogP contribution in [0.4, 0.5) is 17.1 Å². The highest BCUT2D eigenvalue weighted by Gasteiger charge is 2.53. The first-order valence-electron chi connectivity index (χ1n) is 22.0. The minimum Gasteiger partial charge on any atom is -0.310 e. The zero-order valence-electron chi connectivity index (χ0n) is 35.7. The number of rotatable bonds is 5. The predicted molar refractivity (Wildman–Crippen MR) is 259 cm³/mol. The molecule has 0 saturated heterocycles. The van der Waals surface area contributed by atoms with Crippen LogP contribution in [0.2, 0.25) is 0 Å². The third-order valence-corrected chi connectivity index (χ3v) is 14.6. The number of anilines is 3. The van der Waals surface area contributed by atoms with Crippen molar-refractivity contribution in [2.45, 2.75) is 43.9 Å². The fraction of sp³-hybridized carbons (Fsp3) is 0.115. The van der Waals surface area contributed by atoms with Gasteiger partial charge < -0.3 is 4.90 Å². The molecule has 0 N–H and O–H groups in total. The van der Waals surface area contributed by atoms with Crippen molar-refractivity contribution >= 4 is 17.1 Å². The van der Waals surface area contributed by atoms with Crippen molar-refractivity contribution in [1.29, 1.82) is 0 Å². The van der Waals surface area contributed by atoms with E-state index in [1.165, 1.54) is 89.0 Å². The lowest BCUT2D eigenvalue weighted by atomic mass is 9.55. The maximum atomic E-state index is 2.54. The first-order valence-corrected chi connectivity index (χ1v) is 22.0. The Balaban J connectivity index is 1.16. The fourth-order valence-corrected chi connectivity index (χ4v) is 11.6. The molecule has 3 aliphatic rings. The average molecular weight is 794 g/mol. The van der Waals surface area contributed by atoms with Gasteiger partial charge in [-0.15, -0.1) is 0 Å². The monoisotopic (exact) mass is 793 g/mol. The molecule has 1 nitrogen and oxygen atoms in total. The lowest BCUT2D eigenvalue weighted by Gasteiger charge is -2.46. The zero-order valence-corrected chi connectivity index (χ0v) is 35.7. The van der Waals surface area contributed by atoms with Crippen molar-refractivity contribution in [2.75, 3.05) is 4.90 Å². The van der Waals surface area contributed by atoms with Crippen molar-refractivity contribution < 1.29 is 0 Å². The van der Waals surface area contributed by atoms with Gasteiger partial charge in [0.15, 0.2) is 0 Å². The fourth-order valence-electron chi connectivity index (χ4n) is 11.6. The number of hydrogen-bond acceptors (Lipinski definition) is 1. The highest BCUT2D eigenvalue weighted by Crippen LogP contribution is 2.63. The molecule has 1 spiro atoms. The molecule has 296 valence electrons. The van der Waals surface area contributed by atoms with Crippen LogP contribution in [0.5, 0.6) is 0 Å². The summed E-state index contributed by atoms with van der Waals surface area (Å²) in [5.74, 6) is 0. The predicted octanol–water partition coefficient (Wildman–Crippen LogP) is 15.8. The van der Waals surface area contributed by atoms with Gasteiger partial charge in [-0.3, -0.25) is 0 Å². The van der Waals surface area contributed by atoms with Gasteiger partial charge in [-0.25, -0.2) is 0 Å². The number of benzene rings is 9. The van der Waals surface area contributed by atoms with Crippen molar-refractivity contribution in [1.82, 2.24) is 0 Å². The summed E-state index contributed by atoms with van der Waals surface area (Å²) in [4.78, 5) is 2.54. The topological polar surface area (TPSA) is 3.24 Å². The van der Waals surface area contributed by atoms with Crippen molar-refractivity contribution in [3.05, 3.63) is 257 Å². The van der Waals surface area contributed by atoms with E-state index in [1.54, 1.807) is 0 Å². The summed E-state index contributed by atoms with van der Waals surface area (Å²) in [7, 11) is 0. The molecule has 3 aliphatic carbocycles. The summed E-state index contributed by atoms with van der Waals surface area (Å²) in [6, 6.07) is 79.8. The molecular weight excluding hydrogens is 747 g/mol. The lowest BCUT2D eigenvalue weighted by molar-refractivity contribution is 0.563. The van der Waals surface area contributed by atoms with Crippen LogP contribution < -0.4 is 4.90 Å². The maximum Gasteiger partial charge on any atom is 0.0720 e. The van der Waals surface area contributed by atoms with Gasteiger partial charge in [-0.1, -0.05) is 204 Å². The average Bonchev–Trinajstić information content (AvgIpc) is 3.74. The number of hydrogen-bond donors (Lipinski definition) is 0. The van der Waals surface area contributed by atoms with E-state index >= 15 is 0 Å². The van der Waals surface area contributed by atoms with Crippen LogP contribution in [0.15, 0.2) is 212 Å². The van der Waals surface area contributed by atoms with Gasteiger partial charge in [0, 0.05) is 27.8 Å². The van der Waals surface area contributed by atoms with Crippen LogP contribution >= 0.6 is 0 Å². The van der Waals surface area contributed by atoms with Crippen molar-refractivity contribution in [3.8, 4) is 44.5 Å². The first kappa shape index (κ1) is 36.6. The molecule has 0 radical (unpaired) electrons. The Morgan fingerprint density at radius 3 is 1.32 bits per heavy atom. The Morgan fingerprint density at radius 1 is 0.274 bits per heavy atom. The molecule has 1 heteroatoms. The lowest BCUT2D eigenvalue weighted by Crippen LogP contribution is -2.40. The molecule has 62 heavy (non-hydrogen) atoms. The molecule has 0 bridgehead atoms. The van der Waals surface area contributed by atoms with Crippen LogP contribution in [0.1, 0.15) is 72.2 Å². The van der Waals surface area contributed by atoms with Crippen LogP contribution in [-0.2, 0) is 16.2 Å². The normalized spacial score (nSPS) is 15.2. The quantitative estimate of drug-likeness (QED) is 0.168. The number of nitrogens with zero attached hydrogens (tertiary/aromatic N) is 1. The summed E-state index contributed by atoms with van der Waals surface area (Å²) in [6.07, 6.45) is 0. The van der Waals surface area contributed by atoms with E-state index in [9.17, 15) is 0 Å². The number of fused-ring (bicyclic) bond motifs is 12. The molecule has 9 aromatic carbocycles. The Hall–Kier alpha value is -7.22. The second-order valence-corrected chi connectivity index (χ2v) is 18.4. The molecule has 0 unspecified atom stereocenters. The van der Waals surface area contributed by atoms with Crippen LogP contribution in [0.25, 0.3) is 44.5 Å². The summed E-state index contributed by atoms with van der Waals surface area (Å²) in [5, 5.41) is 0. The second kappa shape index (κ2) is 13.4. The minimum absolute atomic E-state index is 0.154. The van der Waals surface area contributed by atoms with Gasteiger partial charge in [0.2, 0.25) is 0 Å². The van der Waals surface area contributed by atoms with Gasteiger partial charge in [0.1, 0.15) is 0 Å². The molecule has 0 aromatic heterocycles. The van der Waals surface area contributed by atoms with Crippen molar-refractivity contribution in [3.63, 3.8) is 0 Å². The first-order chi connectivity index (χ1) is 30.3. The van der Waals surface area contributed by atoms with Crippen LogP contribution in [-0.4, -0.2) is 0 Å². The third kappa shape index (κ3) is 5.03. The van der Waals surface area contributed by atoms with E-state index in [4.69, 9.17) is 0 Å². The SMILES string of the molecule is CC1(C)c2ccccc2-c2ccc(N(c3ccc4c(c3)C3(c5ccccc5-4)c4ccccc4C(C)(C)c4ccccc43)c3ccc(-c4ccccc4)cc3-c3ccccc3)cc21. The highest BCUT2D eigenvalue weighted by atomic mass is 15.1. The van der Waals surface area contributed by atoms with E-state index in [-0.39, 0.29) is 10.8 Å². The molecule has 0 amide bonds. The van der Waals surface area contributed by atoms with Gasteiger partial charge in [0.25, 0.3) is 0 Å². The maximum absolute atomic E-state index is 2.54. The van der Waals surface area contributed by atoms with Crippen LogP contribution in [0, 0.1) is 0 Å². The summed E-state index contributed by atoms with van der Waals surface area (Å²) in [6.45, 7) is 9.56. The van der Waals surface area contributed by atoms with E-state index in [0.29, 0.717) is 0 Å². The Morgan fingerprint density at radius 2 is 0.710 bits per heavy atom. The third-order valence-electron chi connectivity index (χ3n) is 14.6. The van der Waals surface area contributed by atoms with Gasteiger partial charge in [-0.05, 0) is 120 Å². The molecule has 0 fully saturated rings. The molecule has 9 aromatic rings. The van der Waals surface area contributed by atoms with Gasteiger partial charge in [-0.2, -0.15) is 0 Å². The molecule has 0 heterocycles. The smallest absolute Gasteiger partial charge is 0.0720 e. The molecule has 12 rings (SSSR count). The van der Waals surface area contributed by atoms with E-state index in [2.05, 4.69) is 245 Å². The molecule has 0 saturated carbocycles. The molecular formula is C61H47N. The van der Waals surface area contributed by atoms with Crippen molar-refractivity contribution in [2.24, 2.45) is 0 Å². The second-order valence-electron chi connectivity index (χ2n) is 18.4. The molecule has 0 atom stereocenters. The van der Waals surface area contributed by atoms with Crippen LogP contribution in [0.3, 0.4) is 0 Å². The standard InChI is InChI=1S/C61H47N/c1-59(2)50-25-13-11-23-45(50)47-34-32-43(38-56(47)59)62(58-36-31-42(40-19-7-5-8-20-40)37-49(58)41-21-9-6-10-22-41)44-33-35-48-46-24-12-14-26-51(46)61(57(48)39-44)54-29-17-15-27-52(54)60(3,4)53-28-16-18-30-55(53)61/h5-39H,1-4H3. The largest absolute Gasteiger partial charge is 0.310 e. The van der Waals surface area contributed by atoms with E-state index < -0.39 is 5.41 Å². The van der Waals surface area contributed by atoms with E-state index in [0.717, 1.165) is 17.1 Å². The summed E-state index contributed by atoms with van der Waals surface area (Å²) >= 11 is 0. The Kier molecular flexibility index (Phi) is 7.91. The highest BCUT2D eigenvalue weighted by molar-refractivity contribution is 5.95. The summed E-state index contributed by atoms with van der Waals surface area (Å²) < 4.78 is 0. The van der Waals surface area contributed by atoms with Gasteiger partial charge >= 0.3 is 0 Å². The van der Waals surface area contributed by atoms with E-state index in [1.807, 2.05) is 0 Å². The van der Waals surface area contributed by atoms with Gasteiger partial charge in [0.05, 0.1) is 11.1 Å². The minimum atomic E-state index is -0.503. The molecule has 0 aliphatic heterocycles. The zero-order chi connectivity index (χ0) is 41.8.